The zero-order valence-electron chi connectivity index (χ0n) is 29.4. The molecule has 10 aromatic rings. The van der Waals surface area contributed by atoms with E-state index in [4.69, 9.17) is 19.9 Å². The largest absolute Gasteiger partial charge is 0.265 e. The number of thiophene rings is 1. The Bertz CT molecular complexity index is 2880. The van der Waals surface area contributed by atoms with Gasteiger partial charge in [-0.25, -0.2) is 19.9 Å². The molecule has 0 unspecified atom stereocenters. The summed E-state index contributed by atoms with van der Waals surface area (Å²) in [5, 5.41) is 2.28. The molecule has 0 N–H and O–H groups in total. The van der Waals surface area contributed by atoms with Crippen molar-refractivity contribution in [1.82, 2.24) is 29.9 Å². The zero-order valence-corrected chi connectivity index (χ0v) is 30.2. The van der Waals surface area contributed by atoms with Crippen molar-refractivity contribution in [2.24, 2.45) is 0 Å². The maximum absolute atomic E-state index is 5.33. The normalized spacial score (nSPS) is 11.3. The van der Waals surface area contributed by atoms with Gasteiger partial charge in [-0.15, -0.1) is 11.3 Å². The summed E-state index contributed by atoms with van der Waals surface area (Å²) < 4.78 is 1.21. The molecule has 7 heteroatoms. The second-order valence-corrected chi connectivity index (χ2v) is 14.2. The van der Waals surface area contributed by atoms with E-state index < -0.39 is 0 Å². The van der Waals surface area contributed by atoms with Crippen molar-refractivity contribution in [3.05, 3.63) is 183 Å². The Hall–Kier alpha value is -7.22. The fourth-order valence-electron chi connectivity index (χ4n) is 7.07. The molecule has 0 aliphatic heterocycles. The Morgan fingerprint density at radius 3 is 1.36 bits per heavy atom. The minimum atomic E-state index is 0.632. The van der Waals surface area contributed by atoms with Gasteiger partial charge in [0.05, 0.1) is 11.2 Å². The lowest BCUT2D eigenvalue weighted by Crippen LogP contribution is -2.00. The number of nitrogens with zero attached hydrogens (tertiary/aromatic N) is 6. The number of hydrogen-bond donors (Lipinski definition) is 0. The van der Waals surface area contributed by atoms with Gasteiger partial charge in [-0.05, 0) is 52.6 Å². The summed E-state index contributed by atoms with van der Waals surface area (Å²) in [5.41, 5.74) is 11.4. The quantitative estimate of drug-likeness (QED) is 0.163. The molecule has 0 atom stereocenters. The van der Waals surface area contributed by atoms with Gasteiger partial charge in [-0.2, -0.15) is 0 Å². The van der Waals surface area contributed by atoms with Crippen LogP contribution in [0.5, 0.6) is 0 Å². The van der Waals surface area contributed by atoms with Gasteiger partial charge in [0.15, 0.2) is 17.5 Å². The maximum atomic E-state index is 5.33. The van der Waals surface area contributed by atoms with E-state index in [1.165, 1.54) is 9.58 Å². The highest BCUT2D eigenvalue weighted by Crippen LogP contribution is 2.49. The number of pyridine rings is 3. The molecule has 10 rings (SSSR count). The first kappa shape index (κ1) is 32.4. The van der Waals surface area contributed by atoms with Crippen LogP contribution in [-0.2, 0) is 0 Å². The Kier molecular flexibility index (Phi) is 8.24. The van der Waals surface area contributed by atoms with Gasteiger partial charge in [0, 0.05) is 73.0 Å². The van der Waals surface area contributed by atoms with Crippen molar-refractivity contribution < 1.29 is 0 Å². The fraction of sp³-hybridized carbons (Fsp3) is 0. The average molecular weight is 723 g/mol. The summed E-state index contributed by atoms with van der Waals surface area (Å²) in [7, 11) is 0. The molecule has 5 aromatic carbocycles. The molecular weight excluding hydrogens is 693 g/mol. The van der Waals surface area contributed by atoms with Crippen LogP contribution in [-0.4, -0.2) is 29.9 Å². The topological polar surface area (TPSA) is 77.3 Å². The van der Waals surface area contributed by atoms with Crippen molar-refractivity contribution in [3.8, 4) is 78.1 Å². The SMILES string of the molecule is c1ccc(-c2nc(-c3ccccc3)nc(-c3ccc(-c4ccc(-c5nc6ccccc6c6sc(-c7ccncc7)c(-c7ccncc7)c56)cc4)cc3)n2)cc1. The number of hydrogen-bond acceptors (Lipinski definition) is 7. The molecule has 5 heterocycles. The highest BCUT2D eigenvalue weighted by Gasteiger charge is 2.22. The lowest BCUT2D eigenvalue weighted by atomic mass is 9.95. The van der Waals surface area contributed by atoms with E-state index >= 15 is 0 Å². The van der Waals surface area contributed by atoms with Crippen molar-refractivity contribution in [1.29, 1.82) is 0 Å². The van der Waals surface area contributed by atoms with Crippen LogP contribution in [0.25, 0.3) is 99.1 Å². The van der Waals surface area contributed by atoms with Crippen LogP contribution in [0, 0.1) is 0 Å². The maximum Gasteiger partial charge on any atom is 0.164 e. The monoisotopic (exact) mass is 722 g/mol. The molecule has 0 spiro atoms. The molecule has 0 radical (unpaired) electrons. The minimum absolute atomic E-state index is 0.632. The Morgan fingerprint density at radius 2 is 0.800 bits per heavy atom. The summed E-state index contributed by atoms with van der Waals surface area (Å²) in [6.45, 7) is 0. The predicted octanol–water partition coefficient (Wildman–Crippen LogP) is 12.1. The van der Waals surface area contributed by atoms with Crippen molar-refractivity contribution in [2.45, 2.75) is 0 Å². The number of fused-ring (bicyclic) bond motifs is 3. The lowest BCUT2D eigenvalue weighted by Gasteiger charge is -2.11. The minimum Gasteiger partial charge on any atom is -0.265 e. The zero-order chi connectivity index (χ0) is 36.6. The first-order chi connectivity index (χ1) is 27.3. The molecule has 0 saturated carbocycles. The number of benzene rings is 5. The van der Waals surface area contributed by atoms with Crippen molar-refractivity contribution >= 4 is 32.3 Å². The fourth-order valence-corrected chi connectivity index (χ4v) is 8.43. The third-order valence-electron chi connectivity index (χ3n) is 9.77. The molecule has 0 fully saturated rings. The first-order valence-electron chi connectivity index (χ1n) is 18.0. The summed E-state index contributed by atoms with van der Waals surface area (Å²) in [5.74, 6) is 1.92. The summed E-state index contributed by atoms with van der Waals surface area (Å²) >= 11 is 1.81. The highest BCUT2D eigenvalue weighted by atomic mass is 32.1. The second-order valence-electron chi connectivity index (χ2n) is 13.2. The van der Waals surface area contributed by atoms with Crippen LogP contribution in [0.2, 0.25) is 0 Å². The van der Waals surface area contributed by atoms with Crippen LogP contribution in [0.3, 0.4) is 0 Å². The van der Waals surface area contributed by atoms with Gasteiger partial charge in [0.2, 0.25) is 0 Å². The molecule has 0 bridgehead atoms. The smallest absolute Gasteiger partial charge is 0.164 e. The van der Waals surface area contributed by atoms with E-state index in [-0.39, 0.29) is 0 Å². The molecular formula is C48H30N6S. The van der Waals surface area contributed by atoms with E-state index in [9.17, 15) is 0 Å². The van der Waals surface area contributed by atoms with Crippen LogP contribution in [0.15, 0.2) is 183 Å². The van der Waals surface area contributed by atoms with Gasteiger partial charge in [0.1, 0.15) is 0 Å². The molecule has 0 aliphatic rings. The van der Waals surface area contributed by atoms with Crippen molar-refractivity contribution in [2.75, 3.05) is 0 Å². The summed E-state index contributed by atoms with van der Waals surface area (Å²) in [4.78, 5) is 29.8. The van der Waals surface area contributed by atoms with E-state index in [1.54, 1.807) is 11.3 Å². The molecule has 0 saturated heterocycles. The Morgan fingerprint density at radius 1 is 0.345 bits per heavy atom. The van der Waals surface area contributed by atoms with Crippen LogP contribution < -0.4 is 0 Å². The van der Waals surface area contributed by atoms with E-state index in [1.807, 2.05) is 85.5 Å². The molecule has 6 nitrogen and oxygen atoms in total. The number of para-hydroxylation sites is 1. The second kappa shape index (κ2) is 14.0. The summed E-state index contributed by atoms with van der Waals surface area (Å²) in [6, 6.07) is 54.0. The van der Waals surface area contributed by atoms with E-state index in [0.29, 0.717) is 17.5 Å². The molecule has 0 aliphatic carbocycles. The summed E-state index contributed by atoms with van der Waals surface area (Å²) in [6.07, 6.45) is 7.42. The molecule has 55 heavy (non-hydrogen) atoms. The van der Waals surface area contributed by atoms with Gasteiger partial charge < -0.3 is 0 Å². The average Bonchev–Trinajstić information content (AvgIpc) is 3.69. The molecule has 5 aromatic heterocycles. The Balaban J connectivity index is 1.05. The number of aromatic nitrogens is 6. The van der Waals surface area contributed by atoms with Gasteiger partial charge in [0.25, 0.3) is 0 Å². The predicted molar refractivity (Wildman–Crippen MR) is 224 cm³/mol. The molecule has 258 valence electrons. The number of rotatable bonds is 7. The van der Waals surface area contributed by atoms with Gasteiger partial charge in [-0.3, -0.25) is 9.97 Å². The van der Waals surface area contributed by atoms with E-state index in [0.717, 1.165) is 72.1 Å². The molecule has 0 amide bonds. The lowest BCUT2D eigenvalue weighted by molar-refractivity contribution is 1.07. The van der Waals surface area contributed by atoms with Crippen LogP contribution >= 0.6 is 11.3 Å². The third-order valence-corrected chi connectivity index (χ3v) is 11.0. The first-order valence-corrected chi connectivity index (χ1v) is 18.8. The Labute approximate surface area is 321 Å². The third kappa shape index (κ3) is 6.12. The van der Waals surface area contributed by atoms with Crippen LogP contribution in [0.4, 0.5) is 0 Å². The van der Waals surface area contributed by atoms with Crippen LogP contribution in [0.1, 0.15) is 0 Å². The van der Waals surface area contributed by atoms with Gasteiger partial charge >= 0.3 is 0 Å². The van der Waals surface area contributed by atoms with E-state index in [2.05, 4.69) is 107 Å². The highest BCUT2D eigenvalue weighted by molar-refractivity contribution is 7.24. The standard InChI is InChI=1S/C48H30N6S/c1-3-9-36(10-4-1)46-52-47(37-11-5-2-6-12-37)54-48(53-46)38-21-17-32(18-22-38)31-15-19-34(20-16-31)43-42-41(33-23-27-49-28-24-33)44(35-25-29-50-30-26-35)55-45(42)39-13-7-8-14-40(39)51-43/h1-30H. The van der Waals surface area contributed by atoms with Gasteiger partial charge in [-0.1, -0.05) is 127 Å². The van der Waals surface area contributed by atoms with Crippen molar-refractivity contribution in [3.63, 3.8) is 0 Å².